The van der Waals surface area contributed by atoms with Crippen molar-refractivity contribution in [2.75, 3.05) is 13.1 Å². The van der Waals surface area contributed by atoms with Gasteiger partial charge in [0.05, 0.1) is 0 Å². The van der Waals surface area contributed by atoms with Crippen LogP contribution in [0.5, 0.6) is 0 Å². The second-order valence-electron chi connectivity index (χ2n) is 2.45. The average Bonchev–Trinajstić information content (AvgIpc) is 1.90. The van der Waals surface area contributed by atoms with Crippen LogP contribution in [0.1, 0.15) is 20.3 Å². The van der Waals surface area contributed by atoms with Crippen LogP contribution in [0.4, 0.5) is 0 Å². The summed E-state index contributed by atoms with van der Waals surface area (Å²) in [4.78, 5) is 10.4. The van der Waals surface area contributed by atoms with Crippen LogP contribution in [0.3, 0.4) is 0 Å². The molecule has 0 heterocycles. The maximum Gasteiger partial charge on any atom is 0.216 e. The first-order valence-electron chi connectivity index (χ1n) is 3.65. The minimum absolute atomic E-state index is 0.0203. The lowest BCUT2D eigenvalue weighted by atomic mass is 10.1. The molecule has 0 saturated carbocycles. The maximum absolute atomic E-state index is 10.4. The van der Waals surface area contributed by atoms with Gasteiger partial charge < -0.3 is 11.1 Å². The summed E-state index contributed by atoms with van der Waals surface area (Å²) in [5, 5.41) is 2.73. The van der Waals surface area contributed by atoms with E-state index in [2.05, 4.69) is 12.2 Å². The van der Waals surface area contributed by atoms with Gasteiger partial charge in [-0.2, -0.15) is 0 Å². The molecule has 3 nitrogen and oxygen atoms in total. The lowest BCUT2D eigenvalue weighted by Gasteiger charge is -2.11. The van der Waals surface area contributed by atoms with Gasteiger partial charge in [0, 0.05) is 13.5 Å². The van der Waals surface area contributed by atoms with Gasteiger partial charge in [0.15, 0.2) is 0 Å². The van der Waals surface area contributed by atoms with E-state index in [1.807, 2.05) is 0 Å². The minimum Gasteiger partial charge on any atom is -0.356 e. The van der Waals surface area contributed by atoms with Gasteiger partial charge in [0.25, 0.3) is 0 Å². The molecule has 1 unspecified atom stereocenters. The highest BCUT2D eigenvalue weighted by Crippen LogP contribution is 1.96. The highest BCUT2D eigenvalue weighted by atomic mass is 16.1. The Morgan fingerprint density at radius 3 is 2.60 bits per heavy atom. The number of carbonyl (C=O) groups is 1. The lowest BCUT2D eigenvalue weighted by Crippen LogP contribution is -2.30. The van der Waals surface area contributed by atoms with Crippen molar-refractivity contribution in [2.24, 2.45) is 11.7 Å². The van der Waals surface area contributed by atoms with Crippen LogP contribution in [0.25, 0.3) is 0 Å². The summed E-state index contributed by atoms with van der Waals surface area (Å²) in [5.74, 6) is 0.454. The number of nitrogens with two attached hydrogens (primary N) is 1. The number of nitrogens with one attached hydrogen (secondary N) is 1. The van der Waals surface area contributed by atoms with Gasteiger partial charge in [-0.3, -0.25) is 4.79 Å². The molecule has 0 fully saturated rings. The van der Waals surface area contributed by atoms with Gasteiger partial charge >= 0.3 is 0 Å². The molecule has 1 amide bonds. The van der Waals surface area contributed by atoms with Crippen molar-refractivity contribution < 1.29 is 4.79 Å². The summed E-state index contributed by atoms with van der Waals surface area (Å²) in [7, 11) is 0. The Bertz CT molecular complexity index is 99.8. The van der Waals surface area contributed by atoms with E-state index < -0.39 is 0 Å². The highest BCUT2D eigenvalue weighted by Gasteiger charge is 2.02. The predicted molar refractivity (Wildman–Crippen MR) is 41.5 cm³/mol. The Balaban J connectivity index is 3.34. The molecule has 0 aliphatic carbocycles. The van der Waals surface area contributed by atoms with Crippen molar-refractivity contribution in [2.45, 2.75) is 20.3 Å². The van der Waals surface area contributed by atoms with E-state index in [1.54, 1.807) is 0 Å². The van der Waals surface area contributed by atoms with Crippen LogP contribution < -0.4 is 11.1 Å². The molecule has 3 heteroatoms. The van der Waals surface area contributed by atoms with Crippen molar-refractivity contribution in [1.29, 1.82) is 0 Å². The quantitative estimate of drug-likeness (QED) is 0.588. The Labute approximate surface area is 62.0 Å². The topological polar surface area (TPSA) is 55.1 Å². The molecule has 0 rings (SSSR count). The summed E-state index contributed by atoms with van der Waals surface area (Å²) >= 11 is 0. The number of carbonyl (C=O) groups excluding carboxylic acids is 1. The summed E-state index contributed by atoms with van der Waals surface area (Å²) in [5.41, 5.74) is 5.42. The monoisotopic (exact) mass is 144 g/mol. The van der Waals surface area contributed by atoms with Crippen molar-refractivity contribution in [3.05, 3.63) is 0 Å². The molecule has 0 aromatic heterocycles. The summed E-state index contributed by atoms with van der Waals surface area (Å²) in [6.45, 7) is 4.95. The molecule has 10 heavy (non-hydrogen) atoms. The van der Waals surface area contributed by atoms with E-state index in [4.69, 9.17) is 5.73 Å². The molecule has 0 saturated heterocycles. The smallest absolute Gasteiger partial charge is 0.216 e. The summed E-state index contributed by atoms with van der Waals surface area (Å²) in [6, 6.07) is 0. The normalized spacial score (nSPS) is 12.7. The largest absolute Gasteiger partial charge is 0.356 e. The fraction of sp³-hybridized carbons (Fsp3) is 0.857. The van der Waals surface area contributed by atoms with Crippen molar-refractivity contribution >= 4 is 5.91 Å². The maximum atomic E-state index is 10.4. The molecular weight excluding hydrogens is 128 g/mol. The zero-order valence-corrected chi connectivity index (χ0v) is 6.68. The van der Waals surface area contributed by atoms with E-state index in [-0.39, 0.29) is 5.91 Å². The minimum atomic E-state index is 0.0203. The first-order valence-corrected chi connectivity index (χ1v) is 3.65. The zero-order chi connectivity index (χ0) is 7.98. The van der Waals surface area contributed by atoms with E-state index in [1.165, 1.54) is 6.92 Å². The van der Waals surface area contributed by atoms with Crippen LogP contribution in [-0.2, 0) is 4.79 Å². The first kappa shape index (κ1) is 9.43. The number of hydrogen-bond donors (Lipinski definition) is 2. The molecule has 0 radical (unpaired) electrons. The van der Waals surface area contributed by atoms with E-state index in [9.17, 15) is 4.79 Å². The summed E-state index contributed by atoms with van der Waals surface area (Å²) < 4.78 is 0. The third-order valence-electron chi connectivity index (χ3n) is 1.55. The van der Waals surface area contributed by atoms with E-state index in [0.29, 0.717) is 19.0 Å². The van der Waals surface area contributed by atoms with Gasteiger partial charge in [0.1, 0.15) is 0 Å². The lowest BCUT2D eigenvalue weighted by molar-refractivity contribution is -0.119. The average molecular weight is 144 g/mol. The zero-order valence-electron chi connectivity index (χ0n) is 6.68. The molecule has 60 valence electrons. The molecule has 0 aliphatic heterocycles. The Morgan fingerprint density at radius 1 is 1.70 bits per heavy atom. The molecule has 3 N–H and O–H groups in total. The Kier molecular flexibility index (Phi) is 4.94. The first-order chi connectivity index (χ1) is 4.70. The Hall–Kier alpha value is -0.570. The number of rotatable bonds is 4. The number of hydrogen-bond acceptors (Lipinski definition) is 2. The van der Waals surface area contributed by atoms with Gasteiger partial charge in [-0.05, 0) is 12.5 Å². The molecule has 0 bridgehead atoms. The predicted octanol–water partition coefficient (Wildman–Crippen LogP) is 0.107. The van der Waals surface area contributed by atoms with E-state index in [0.717, 1.165) is 6.42 Å². The fourth-order valence-corrected chi connectivity index (χ4v) is 0.682. The summed E-state index contributed by atoms with van der Waals surface area (Å²) in [6.07, 6.45) is 1.02. The van der Waals surface area contributed by atoms with Crippen LogP contribution in [0.15, 0.2) is 0 Å². The third kappa shape index (κ3) is 4.32. The van der Waals surface area contributed by atoms with Gasteiger partial charge in [-0.15, -0.1) is 0 Å². The van der Waals surface area contributed by atoms with E-state index >= 15 is 0 Å². The van der Waals surface area contributed by atoms with Crippen LogP contribution >= 0.6 is 0 Å². The van der Waals surface area contributed by atoms with Crippen molar-refractivity contribution in [1.82, 2.24) is 5.32 Å². The SMILES string of the molecule is CCC(CN)CNC(C)=O. The van der Waals surface area contributed by atoms with Crippen LogP contribution in [0.2, 0.25) is 0 Å². The second kappa shape index (κ2) is 5.23. The third-order valence-corrected chi connectivity index (χ3v) is 1.55. The number of amides is 1. The van der Waals surface area contributed by atoms with Crippen molar-refractivity contribution in [3.63, 3.8) is 0 Å². The standard InChI is InChI=1S/C7H16N2O/c1-3-7(4-8)5-9-6(2)10/h7H,3-5,8H2,1-2H3,(H,9,10). The molecule has 1 atom stereocenters. The second-order valence-corrected chi connectivity index (χ2v) is 2.45. The molecule has 0 spiro atoms. The highest BCUT2D eigenvalue weighted by molar-refractivity contribution is 5.72. The van der Waals surface area contributed by atoms with Crippen molar-refractivity contribution in [3.8, 4) is 0 Å². The van der Waals surface area contributed by atoms with Gasteiger partial charge in [-0.25, -0.2) is 0 Å². The van der Waals surface area contributed by atoms with Crippen LogP contribution in [-0.4, -0.2) is 19.0 Å². The Morgan fingerprint density at radius 2 is 2.30 bits per heavy atom. The molecule has 0 aromatic rings. The molecular formula is C7H16N2O. The fourth-order valence-electron chi connectivity index (χ4n) is 0.682. The van der Waals surface area contributed by atoms with Gasteiger partial charge in [0.2, 0.25) is 5.91 Å². The van der Waals surface area contributed by atoms with Crippen LogP contribution in [0, 0.1) is 5.92 Å². The van der Waals surface area contributed by atoms with Gasteiger partial charge in [-0.1, -0.05) is 13.3 Å². The molecule has 0 aromatic carbocycles. The molecule has 0 aliphatic rings.